The second-order valence-electron chi connectivity index (χ2n) is 3.46. The third-order valence-corrected chi connectivity index (χ3v) is 2.87. The molecule has 0 bridgehead atoms. The van der Waals surface area contributed by atoms with Crippen LogP contribution < -0.4 is 5.32 Å². The van der Waals surface area contributed by atoms with Gasteiger partial charge in [-0.2, -0.15) is 0 Å². The van der Waals surface area contributed by atoms with Gasteiger partial charge in [-0.1, -0.05) is 23.7 Å². The molecular formula is C12H9BrClFN2. The maximum absolute atomic E-state index is 13.4. The minimum Gasteiger partial charge on any atom is -0.364 e. The summed E-state index contributed by atoms with van der Waals surface area (Å²) >= 11 is 8.93. The Morgan fingerprint density at radius 1 is 1.29 bits per heavy atom. The molecule has 0 unspecified atom stereocenters. The van der Waals surface area contributed by atoms with Crippen LogP contribution in [0.4, 0.5) is 10.2 Å². The average molecular weight is 316 g/mol. The van der Waals surface area contributed by atoms with Crippen LogP contribution >= 0.6 is 27.5 Å². The molecule has 1 heterocycles. The topological polar surface area (TPSA) is 24.9 Å². The largest absolute Gasteiger partial charge is 0.364 e. The quantitative estimate of drug-likeness (QED) is 0.916. The Bertz CT molecular complexity index is 516. The fourth-order valence-corrected chi connectivity index (χ4v) is 1.76. The monoisotopic (exact) mass is 314 g/mol. The molecule has 2 rings (SSSR count). The van der Waals surface area contributed by atoms with Crippen molar-refractivity contribution >= 4 is 33.3 Å². The molecule has 1 N–H and O–H groups in total. The van der Waals surface area contributed by atoms with Crippen molar-refractivity contribution in [1.82, 2.24) is 4.98 Å². The van der Waals surface area contributed by atoms with Gasteiger partial charge < -0.3 is 5.32 Å². The Balaban J connectivity index is 2.04. The van der Waals surface area contributed by atoms with Crippen LogP contribution in [0.25, 0.3) is 0 Å². The molecule has 0 spiro atoms. The molecule has 0 aliphatic rings. The number of hydrogen-bond donors (Lipinski definition) is 1. The zero-order valence-corrected chi connectivity index (χ0v) is 11.1. The first kappa shape index (κ1) is 12.3. The van der Waals surface area contributed by atoms with E-state index in [4.69, 9.17) is 11.6 Å². The zero-order chi connectivity index (χ0) is 12.3. The molecule has 0 aliphatic carbocycles. The molecule has 0 saturated heterocycles. The highest BCUT2D eigenvalue weighted by Gasteiger charge is 2.03. The Morgan fingerprint density at radius 3 is 2.65 bits per heavy atom. The molecule has 1 aromatic carbocycles. The van der Waals surface area contributed by atoms with Gasteiger partial charge in [0.25, 0.3) is 0 Å². The lowest BCUT2D eigenvalue weighted by Gasteiger charge is -2.06. The van der Waals surface area contributed by atoms with Crippen molar-refractivity contribution < 1.29 is 4.39 Å². The van der Waals surface area contributed by atoms with Crippen molar-refractivity contribution in [3.63, 3.8) is 0 Å². The molecule has 0 aliphatic heterocycles. The standard InChI is InChI=1S/C12H9BrClFN2/c13-9-5-11(15)12(17-7-9)16-6-8-1-3-10(14)4-2-8/h1-5,7H,6H2,(H,16,17). The van der Waals surface area contributed by atoms with E-state index >= 15 is 0 Å². The molecule has 5 heteroatoms. The summed E-state index contributed by atoms with van der Waals surface area (Å²) < 4.78 is 14.1. The van der Waals surface area contributed by atoms with Crippen LogP contribution in [0.5, 0.6) is 0 Å². The van der Waals surface area contributed by atoms with Crippen molar-refractivity contribution in [2.75, 3.05) is 5.32 Å². The van der Waals surface area contributed by atoms with E-state index in [1.165, 1.54) is 6.07 Å². The van der Waals surface area contributed by atoms with Gasteiger partial charge in [0, 0.05) is 22.2 Å². The van der Waals surface area contributed by atoms with Crippen LogP contribution in [-0.2, 0) is 6.54 Å². The predicted molar refractivity (Wildman–Crippen MR) is 70.7 cm³/mol. The summed E-state index contributed by atoms with van der Waals surface area (Å²) in [6, 6.07) is 8.73. The summed E-state index contributed by atoms with van der Waals surface area (Å²) in [5.41, 5.74) is 1.01. The third-order valence-electron chi connectivity index (χ3n) is 2.18. The predicted octanol–water partition coefficient (Wildman–Crippen LogP) is 4.25. The molecule has 0 saturated carbocycles. The molecule has 0 amide bonds. The minimum absolute atomic E-state index is 0.239. The Hall–Kier alpha value is -1.13. The molecule has 17 heavy (non-hydrogen) atoms. The first-order chi connectivity index (χ1) is 8.15. The number of aromatic nitrogens is 1. The van der Waals surface area contributed by atoms with E-state index in [2.05, 4.69) is 26.2 Å². The van der Waals surface area contributed by atoms with Gasteiger partial charge in [0.15, 0.2) is 11.6 Å². The molecule has 2 aromatic rings. The first-order valence-corrected chi connectivity index (χ1v) is 6.11. The smallest absolute Gasteiger partial charge is 0.166 e. The summed E-state index contributed by atoms with van der Waals surface area (Å²) in [7, 11) is 0. The molecule has 0 fully saturated rings. The van der Waals surface area contributed by atoms with Gasteiger partial charge in [0.1, 0.15) is 0 Å². The molecule has 2 nitrogen and oxygen atoms in total. The number of nitrogens with zero attached hydrogens (tertiary/aromatic N) is 1. The molecular weight excluding hydrogens is 307 g/mol. The van der Waals surface area contributed by atoms with Crippen LogP contribution in [0, 0.1) is 5.82 Å². The van der Waals surface area contributed by atoms with Gasteiger partial charge in [0.2, 0.25) is 0 Å². The van der Waals surface area contributed by atoms with Gasteiger partial charge in [-0.3, -0.25) is 0 Å². The highest BCUT2D eigenvalue weighted by Crippen LogP contribution is 2.17. The number of rotatable bonds is 3. The second-order valence-corrected chi connectivity index (χ2v) is 4.82. The van der Waals surface area contributed by atoms with Gasteiger partial charge >= 0.3 is 0 Å². The van der Waals surface area contributed by atoms with E-state index in [9.17, 15) is 4.39 Å². The number of halogens is 3. The minimum atomic E-state index is -0.381. The van der Waals surface area contributed by atoms with Gasteiger partial charge in [-0.15, -0.1) is 0 Å². The number of benzene rings is 1. The average Bonchev–Trinajstić information content (AvgIpc) is 2.30. The van der Waals surface area contributed by atoms with Gasteiger partial charge in [-0.25, -0.2) is 9.37 Å². The van der Waals surface area contributed by atoms with Crippen molar-refractivity contribution in [3.05, 3.63) is 57.4 Å². The zero-order valence-electron chi connectivity index (χ0n) is 8.75. The van der Waals surface area contributed by atoms with E-state index < -0.39 is 0 Å². The first-order valence-electron chi connectivity index (χ1n) is 4.94. The van der Waals surface area contributed by atoms with Crippen LogP contribution in [0.1, 0.15) is 5.56 Å². The number of hydrogen-bond acceptors (Lipinski definition) is 2. The normalized spacial score (nSPS) is 10.3. The van der Waals surface area contributed by atoms with Crippen molar-refractivity contribution in [1.29, 1.82) is 0 Å². The third kappa shape index (κ3) is 3.41. The van der Waals surface area contributed by atoms with Crippen LogP contribution in [-0.4, -0.2) is 4.98 Å². The summed E-state index contributed by atoms with van der Waals surface area (Å²) in [6.07, 6.45) is 1.55. The van der Waals surface area contributed by atoms with Crippen LogP contribution in [0.3, 0.4) is 0 Å². The summed E-state index contributed by atoms with van der Waals surface area (Å²) in [5, 5.41) is 3.61. The fraction of sp³-hybridized carbons (Fsp3) is 0.0833. The Kier molecular flexibility index (Phi) is 3.97. The Labute approximate surface area is 112 Å². The number of pyridine rings is 1. The molecule has 0 atom stereocenters. The highest BCUT2D eigenvalue weighted by molar-refractivity contribution is 9.10. The summed E-state index contributed by atoms with van der Waals surface area (Å²) in [4.78, 5) is 3.95. The van der Waals surface area contributed by atoms with Crippen LogP contribution in [0.15, 0.2) is 41.0 Å². The molecule has 88 valence electrons. The lowest BCUT2D eigenvalue weighted by atomic mass is 10.2. The van der Waals surface area contributed by atoms with E-state index in [0.29, 0.717) is 16.0 Å². The summed E-state index contributed by atoms with van der Waals surface area (Å²) in [6.45, 7) is 0.503. The summed E-state index contributed by atoms with van der Waals surface area (Å²) in [5.74, 6) is -0.142. The second kappa shape index (κ2) is 5.47. The molecule has 0 radical (unpaired) electrons. The molecule has 1 aromatic heterocycles. The van der Waals surface area contributed by atoms with Crippen molar-refractivity contribution in [2.24, 2.45) is 0 Å². The van der Waals surface area contributed by atoms with Gasteiger partial charge in [0.05, 0.1) is 0 Å². The highest BCUT2D eigenvalue weighted by atomic mass is 79.9. The lowest BCUT2D eigenvalue weighted by Crippen LogP contribution is -2.03. The van der Waals surface area contributed by atoms with Crippen molar-refractivity contribution in [2.45, 2.75) is 6.54 Å². The van der Waals surface area contributed by atoms with E-state index in [1.54, 1.807) is 18.3 Å². The lowest BCUT2D eigenvalue weighted by molar-refractivity contribution is 0.623. The SMILES string of the molecule is Fc1cc(Br)cnc1NCc1ccc(Cl)cc1. The van der Waals surface area contributed by atoms with E-state index in [-0.39, 0.29) is 11.6 Å². The number of nitrogens with one attached hydrogen (secondary N) is 1. The van der Waals surface area contributed by atoms with E-state index in [0.717, 1.165) is 5.56 Å². The van der Waals surface area contributed by atoms with E-state index in [1.807, 2.05) is 12.1 Å². The van der Waals surface area contributed by atoms with Gasteiger partial charge in [-0.05, 0) is 39.7 Å². The fourth-order valence-electron chi connectivity index (χ4n) is 1.33. The maximum atomic E-state index is 13.4. The Morgan fingerprint density at radius 2 is 2.00 bits per heavy atom. The maximum Gasteiger partial charge on any atom is 0.166 e. The van der Waals surface area contributed by atoms with Crippen molar-refractivity contribution in [3.8, 4) is 0 Å². The number of anilines is 1. The van der Waals surface area contributed by atoms with Crippen LogP contribution in [0.2, 0.25) is 5.02 Å².